The van der Waals surface area contributed by atoms with E-state index in [0.29, 0.717) is 30.2 Å². The van der Waals surface area contributed by atoms with Gasteiger partial charge in [-0.2, -0.15) is 5.10 Å². The molecule has 4 aromatic rings. The van der Waals surface area contributed by atoms with E-state index >= 15 is 0 Å². The van der Waals surface area contributed by atoms with Crippen molar-refractivity contribution >= 4 is 23.4 Å². The second-order valence-electron chi connectivity index (χ2n) is 10.4. The first-order valence-electron chi connectivity index (χ1n) is 12.6. The number of aromatic nitrogens is 3. The van der Waals surface area contributed by atoms with Gasteiger partial charge in [0.25, 0.3) is 0 Å². The van der Waals surface area contributed by atoms with E-state index in [2.05, 4.69) is 32.6 Å². The van der Waals surface area contributed by atoms with Crippen LogP contribution in [0, 0.1) is 11.6 Å². The average molecular weight is 531 g/mol. The highest BCUT2D eigenvalue weighted by Crippen LogP contribution is 2.27. The fraction of sp³-hybridized carbons (Fsp3) is 0.233. The number of nitrogens with one attached hydrogen (secondary N) is 3. The van der Waals surface area contributed by atoms with E-state index < -0.39 is 11.8 Å². The van der Waals surface area contributed by atoms with Gasteiger partial charge in [0.2, 0.25) is 0 Å². The van der Waals surface area contributed by atoms with E-state index in [4.69, 9.17) is 0 Å². The number of benzene rings is 2. The van der Waals surface area contributed by atoms with Gasteiger partial charge in [0.15, 0.2) is 0 Å². The lowest BCUT2D eigenvalue weighted by Gasteiger charge is -2.14. The molecule has 0 fully saturated rings. The number of rotatable bonds is 8. The van der Waals surface area contributed by atoms with Gasteiger partial charge in [-0.15, -0.1) is 0 Å². The number of nitrogens with zero attached hydrogens (tertiary/aromatic N) is 3. The van der Waals surface area contributed by atoms with Crippen molar-refractivity contribution in [1.82, 2.24) is 14.8 Å². The lowest BCUT2D eigenvalue weighted by molar-refractivity contribution is 0.262. The Morgan fingerprint density at radius 2 is 1.62 bits per heavy atom. The Hall–Kier alpha value is -4.53. The van der Waals surface area contributed by atoms with Crippen molar-refractivity contribution in [2.45, 2.75) is 46.0 Å². The van der Waals surface area contributed by atoms with E-state index in [9.17, 15) is 13.6 Å². The van der Waals surface area contributed by atoms with Crippen LogP contribution >= 0.6 is 0 Å². The summed E-state index contributed by atoms with van der Waals surface area (Å²) in [7, 11) is 0. The van der Waals surface area contributed by atoms with Crippen LogP contribution in [0.1, 0.15) is 44.5 Å². The minimum Gasteiger partial charge on any atom is -0.345 e. The molecule has 2 heterocycles. The number of pyridine rings is 1. The first-order chi connectivity index (χ1) is 18.5. The standard InChI is InChI=1S/C30H32F2N6O/c1-19(2)34-27-17-21(14-15-33-27)7-6-20-8-13-25(24(32)16-20)35-29(39)36-28-18-26(30(3,4)5)37-38(28)23-11-9-22(31)10-12-23/h8-18H,1,6-7H2,2-5H3,(H,33,34)(H2,35,36,39). The molecule has 9 heteroatoms. The summed E-state index contributed by atoms with van der Waals surface area (Å²) in [6.07, 6.45) is 3.04. The first kappa shape index (κ1) is 27.5. The van der Waals surface area contributed by atoms with Gasteiger partial charge in [-0.1, -0.05) is 33.4 Å². The third-order valence-electron chi connectivity index (χ3n) is 5.94. The summed E-state index contributed by atoms with van der Waals surface area (Å²) in [4.78, 5) is 17.1. The van der Waals surface area contributed by atoms with Crippen molar-refractivity contribution in [3.63, 3.8) is 0 Å². The molecule has 0 aliphatic carbocycles. The summed E-state index contributed by atoms with van der Waals surface area (Å²) >= 11 is 0. The highest BCUT2D eigenvalue weighted by atomic mass is 19.1. The van der Waals surface area contributed by atoms with Crippen molar-refractivity contribution in [3.8, 4) is 5.69 Å². The van der Waals surface area contributed by atoms with Gasteiger partial charge < -0.3 is 10.6 Å². The molecule has 0 aliphatic rings. The SMILES string of the molecule is C=C(C)Nc1cc(CCc2ccc(NC(=O)Nc3cc(C(C)(C)C)nn3-c3ccc(F)cc3)c(F)c2)ccn1. The molecule has 2 aromatic heterocycles. The molecule has 0 bridgehead atoms. The predicted molar refractivity (Wildman–Crippen MR) is 151 cm³/mol. The Bertz CT molecular complexity index is 1490. The van der Waals surface area contributed by atoms with Gasteiger partial charge in [-0.3, -0.25) is 5.32 Å². The molecule has 39 heavy (non-hydrogen) atoms. The Labute approximate surface area is 227 Å². The molecule has 0 saturated carbocycles. The Balaban J connectivity index is 1.44. The second kappa shape index (κ2) is 11.5. The molecule has 202 valence electrons. The van der Waals surface area contributed by atoms with Crippen LogP contribution in [-0.2, 0) is 18.3 Å². The van der Waals surface area contributed by atoms with Gasteiger partial charge >= 0.3 is 6.03 Å². The summed E-state index contributed by atoms with van der Waals surface area (Å²) in [6, 6.07) is 15.5. The fourth-order valence-corrected chi connectivity index (χ4v) is 3.91. The summed E-state index contributed by atoms with van der Waals surface area (Å²) in [6.45, 7) is 11.7. The number of aryl methyl sites for hydroxylation is 2. The zero-order valence-corrected chi connectivity index (χ0v) is 22.5. The molecule has 0 atom stereocenters. The van der Waals surface area contributed by atoms with Gasteiger partial charge in [0.1, 0.15) is 23.3 Å². The van der Waals surface area contributed by atoms with E-state index in [1.165, 1.54) is 22.9 Å². The molecule has 0 saturated heterocycles. The molecule has 0 spiro atoms. The number of urea groups is 1. The first-order valence-corrected chi connectivity index (χ1v) is 12.6. The van der Waals surface area contributed by atoms with Gasteiger partial charge in [0.05, 0.1) is 17.1 Å². The van der Waals surface area contributed by atoms with Crippen molar-refractivity contribution < 1.29 is 13.6 Å². The largest absolute Gasteiger partial charge is 0.345 e. The van der Waals surface area contributed by atoms with Gasteiger partial charge in [-0.05, 0) is 79.4 Å². The van der Waals surface area contributed by atoms with Crippen molar-refractivity contribution in [3.05, 3.63) is 108 Å². The van der Waals surface area contributed by atoms with Gasteiger partial charge in [0, 0.05) is 23.4 Å². The fourth-order valence-electron chi connectivity index (χ4n) is 3.91. The van der Waals surface area contributed by atoms with Crippen molar-refractivity contribution in [2.75, 3.05) is 16.0 Å². The highest BCUT2D eigenvalue weighted by molar-refractivity contribution is 5.99. The summed E-state index contributed by atoms with van der Waals surface area (Å²) in [5.41, 5.74) is 3.72. The summed E-state index contributed by atoms with van der Waals surface area (Å²) in [5, 5.41) is 13.0. The molecule has 2 aromatic carbocycles. The topological polar surface area (TPSA) is 83.9 Å². The third-order valence-corrected chi connectivity index (χ3v) is 5.94. The third kappa shape index (κ3) is 7.28. The Kier molecular flexibility index (Phi) is 8.09. The minimum atomic E-state index is -0.625. The lowest BCUT2D eigenvalue weighted by Crippen LogP contribution is -2.22. The Morgan fingerprint density at radius 3 is 2.26 bits per heavy atom. The number of amides is 2. The number of halogens is 2. The normalized spacial score (nSPS) is 11.2. The second-order valence-corrected chi connectivity index (χ2v) is 10.4. The van der Waals surface area contributed by atoms with Crippen LogP contribution in [0.5, 0.6) is 0 Å². The average Bonchev–Trinajstić information content (AvgIpc) is 3.29. The quantitative estimate of drug-likeness (QED) is 0.225. The smallest absolute Gasteiger partial charge is 0.324 e. The van der Waals surface area contributed by atoms with Crippen LogP contribution in [0.4, 0.5) is 30.9 Å². The van der Waals surface area contributed by atoms with E-state index in [-0.39, 0.29) is 16.9 Å². The maximum atomic E-state index is 14.9. The molecular formula is C30H32F2N6O. The minimum absolute atomic E-state index is 0.0528. The monoisotopic (exact) mass is 530 g/mol. The maximum Gasteiger partial charge on any atom is 0.324 e. The number of hydrogen-bond donors (Lipinski definition) is 3. The van der Waals surface area contributed by atoms with Crippen LogP contribution < -0.4 is 16.0 Å². The number of anilines is 3. The van der Waals surface area contributed by atoms with E-state index in [0.717, 1.165) is 22.5 Å². The number of carbonyl (C=O) groups is 1. The molecule has 7 nitrogen and oxygen atoms in total. The zero-order valence-electron chi connectivity index (χ0n) is 22.5. The maximum absolute atomic E-state index is 14.9. The molecule has 0 aliphatic heterocycles. The van der Waals surface area contributed by atoms with E-state index in [1.807, 2.05) is 39.8 Å². The van der Waals surface area contributed by atoms with Crippen LogP contribution in [0.15, 0.2) is 79.1 Å². The summed E-state index contributed by atoms with van der Waals surface area (Å²) < 4.78 is 29.9. The molecule has 0 unspecified atom stereocenters. The molecule has 2 amide bonds. The van der Waals surface area contributed by atoms with Crippen molar-refractivity contribution in [2.24, 2.45) is 0 Å². The van der Waals surface area contributed by atoms with Crippen LogP contribution in [0.3, 0.4) is 0 Å². The number of allylic oxidation sites excluding steroid dienone is 1. The van der Waals surface area contributed by atoms with E-state index in [1.54, 1.807) is 36.5 Å². The van der Waals surface area contributed by atoms with Crippen molar-refractivity contribution in [1.29, 1.82) is 0 Å². The Morgan fingerprint density at radius 1 is 0.923 bits per heavy atom. The molecular weight excluding hydrogens is 498 g/mol. The number of hydrogen-bond acceptors (Lipinski definition) is 4. The molecule has 0 radical (unpaired) electrons. The number of carbonyl (C=O) groups excluding carboxylic acids is 1. The predicted octanol–water partition coefficient (Wildman–Crippen LogP) is 7.22. The zero-order chi connectivity index (χ0) is 28.2. The van der Waals surface area contributed by atoms with Crippen LogP contribution in [-0.4, -0.2) is 20.8 Å². The van der Waals surface area contributed by atoms with Crippen LogP contribution in [0.2, 0.25) is 0 Å². The lowest BCUT2D eigenvalue weighted by atomic mass is 9.92. The summed E-state index contributed by atoms with van der Waals surface area (Å²) in [5.74, 6) is 0.175. The molecule has 3 N–H and O–H groups in total. The molecule has 4 rings (SSSR count). The highest BCUT2D eigenvalue weighted by Gasteiger charge is 2.22. The van der Waals surface area contributed by atoms with Crippen LogP contribution in [0.25, 0.3) is 5.69 Å². The van der Waals surface area contributed by atoms with Gasteiger partial charge in [-0.25, -0.2) is 23.2 Å².